The van der Waals surface area contributed by atoms with Crippen LogP contribution in [0.1, 0.15) is 40.5 Å². The van der Waals surface area contributed by atoms with Crippen LogP contribution >= 0.6 is 0 Å². The lowest BCUT2D eigenvalue weighted by molar-refractivity contribution is -0.142. The standard InChI is InChI=1S/C10H21NO2/c1-5-6-7-11-8(9(12)13)10(2,3)4/h8,11H,5-7H2,1-4H3,(H,12,13). The molecule has 2 N–H and O–H groups in total. The first-order chi connectivity index (χ1) is 5.89. The summed E-state index contributed by atoms with van der Waals surface area (Å²) in [5.74, 6) is -0.761. The van der Waals surface area contributed by atoms with Crippen LogP contribution in [-0.4, -0.2) is 23.7 Å². The first-order valence-electron chi connectivity index (χ1n) is 4.85. The van der Waals surface area contributed by atoms with E-state index in [1.807, 2.05) is 20.8 Å². The second kappa shape index (κ2) is 5.22. The highest BCUT2D eigenvalue weighted by molar-refractivity contribution is 5.74. The highest BCUT2D eigenvalue weighted by atomic mass is 16.4. The number of carbonyl (C=O) groups is 1. The zero-order valence-electron chi connectivity index (χ0n) is 9.05. The molecule has 0 saturated heterocycles. The van der Waals surface area contributed by atoms with Gasteiger partial charge in [-0.25, -0.2) is 0 Å². The van der Waals surface area contributed by atoms with Gasteiger partial charge in [0.2, 0.25) is 0 Å². The number of nitrogens with one attached hydrogen (secondary N) is 1. The van der Waals surface area contributed by atoms with Crippen LogP contribution in [0, 0.1) is 5.41 Å². The molecule has 78 valence electrons. The Labute approximate surface area is 80.5 Å². The maximum Gasteiger partial charge on any atom is 0.321 e. The predicted octanol–water partition coefficient (Wildman–Crippen LogP) is 1.88. The van der Waals surface area contributed by atoms with Gasteiger partial charge in [-0.05, 0) is 18.4 Å². The fourth-order valence-corrected chi connectivity index (χ4v) is 1.19. The number of aliphatic carboxylic acids is 1. The quantitative estimate of drug-likeness (QED) is 0.646. The maximum atomic E-state index is 10.9. The molecular formula is C10H21NO2. The van der Waals surface area contributed by atoms with Crippen LogP contribution in [0.4, 0.5) is 0 Å². The number of carboxylic acids is 1. The highest BCUT2D eigenvalue weighted by Crippen LogP contribution is 2.19. The van der Waals surface area contributed by atoms with E-state index in [1.165, 1.54) is 0 Å². The zero-order valence-corrected chi connectivity index (χ0v) is 9.05. The van der Waals surface area contributed by atoms with Crippen molar-refractivity contribution < 1.29 is 9.90 Å². The molecule has 0 fully saturated rings. The average molecular weight is 187 g/mol. The molecule has 0 aromatic heterocycles. The maximum absolute atomic E-state index is 10.9. The van der Waals surface area contributed by atoms with Crippen LogP contribution in [0.5, 0.6) is 0 Å². The van der Waals surface area contributed by atoms with Gasteiger partial charge in [0.15, 0.2) is 0 Å². The SMILES string of the molecule is CCCCNC(C(=O)O)C(C)(C)C. The number of unbranched alkanes of at least 4 members (excludes halogenated alkanes) is 1. The van der Waals surface area contributed by atoms with Crippen molar-refractivity contribution in [2.24, 2.45) is 5.41 Å². The van der Waals surface area contributed by atoms with E-state index in [0.29, 0.717) is 0 Å². The normalized spacial score (nSPS) is 14.2. The van der Waals surface area contributed by atoms with Gasteiger partial charge in [-0.3, -0.25) is 4.79 Å². The molecule has 0 rings (SSSR count). The molecule has 0 aliphatic rings. The number of hydrogen-bond donors (Lipinski definition) is 2. The van der Waals surface area contributed by atoms with Gasteiger partial charge in [-0.1, -0.05) is 34.1 Å². The third-order valence-electron chi connectivity index (χ3n) is 1.99. The molecule has 3 nitrogen and oxygen atoms in total. The second-order valence-electron chi connectivity index (χ2n) is 4.44. The average Bonchev–Trinajstić information content (AvgIpc) is 1.94. The van der Waals surface area contributed by atoms with Crippen molar-refractivity contribution in [1.82, 2.24) is 5.32 Å². The molecule has 0 aliphatic carbocycles. The Morgan fingerprint density at radius 3 is 2.31 bits per heavy atom. The van der Waals surface area contributed by atoms with Crippen LogP contribution in [-0.2, 0) is 4.79 Å². The molecule has 0 aromatic rings. The van der Waals surface area contributed by atoms with Crippen molar-refractivity contribution in [1.29, 1.82) is 0 Å². The molecule has 0 aromatic carbocycles. The zero-order chi connectivity index (χ0) is 10.5. The third-order valence-corrected chi connectivity index (χ3v) is 1.99. The summed E-state index contributed by atoms with van der Waals surface area (Å²) in [7, 11) is 0. The van der Waals surface area contributed by atoms with E-state index in [1.54, 1.807) is 0 Å². The second-order valence-corrected chi connectivity index (χ2v) is 4.44. The molecule has 0 amide bonds. The molecule has 1 unspecified atom stereocenters. The monoisotopic (exact) mass is 187 g/mol. The topological polar surface area (TPSA) is 49.3 Å². The molecule has 0 heterocycles. The first-order valence-corrected chi connectivity index (χ1v) is 4.85. The van der Waals surface area contributed by atoms with Crippen molar-refractivity contribution in [3.63, 3.8) is 0 Å². The van der Waals surface area contributed by atoms with E-state index in [4.69, 9.17) is 5.11 Å². The first kappa shape index (κ1) is 12.4. The summed E-state index contributed by atoms with van der Waals surface area (Å²) in [5.41, 5.74) is -0.223. The Bertz CT molecular complexity index is 161. The summed E-state index contributed by atoms with van der Waals surface area (Å²) in [6, 6.07) is -0.445. The van der Waals surface area contributed by atoms with Gasteiger partial charge in [0.1, 0.15) is 6.04 Å². The van der Waals surface area contributed by atoms with Gasteiger partial charge in [-0.15, -0.1) is 0 Å². The van der Waals surface area contributed by atoms with Gasteiger partial charge < -0.3 is 10.4 Å². The number of rotatable bonds is 5. The van der Waals surface area contributed by atoms with Crippen molar-refractivity contribution in [2.45, 2.75) is 46.6 Å². The Morgan fingerprint density at radius 1 is 1.46 bits per heavy atom. The molecule has 0 aliphatic heterocycles. The van der Waals surface area contributed by atoms with Crippen molar-refractivity contribution >= 4 is 5.97 Å². The fraction of sp³-hybridized carbons (Fsp3) is 0.900. The lowest BCUT2D eigenvalue weighted by Gasteiger charge is -2.27. The lowest BCUT2D eigenvalue weighted by atomic mass is 9.87. The Kier molecular flexibility index (Phi) is 4.99. The Morgan fingerprint density at radius 2 is 2.00 bits per heavy atom. The summed E-state index contributed by atoms with van der Waals surface area (Å²) < 4.78 is 0. The smallest absolute Gasteiger partial charge is 0.321 e. The van der Waals surface area contributed by atoms with Crippen LogP contribution in [0.3, 0.4) is 0 Å². The summed E-state index contributed by atoms with van der Waals surface area (Å²) in [6.45, 7) is 8.68. The van der Waals surface area contributed by atoms with Gasteiger partial charge >= 0.3 is 5.97 Å². The predicted molar refractivity (Wildman–Crippen MR) is 53.8 cm³/mol. The van der Waals surface area contributed by atoms with E-state index >= 15 is 0 Å². The van der Waals surface area contributed by atoms with Crippen LogP contribution in [0.25, 0.3) is 0 Å². The van der Waals surface area contributed by atoms with Crippen molar-refractivity contribution in [3.05, 3.63) is 0 Å². The summed E-state index contributed by atoms with van der Waals surface area (Å²) >= 11 is 0. The molecule has 0 spiro atoms. The van der Waals surface area contributed by atoms with Gasteiger partial charge in [0.25, 0.3) is 0 Å². The number of hydrogen-bond acceptors (Lipinski definition) is 2. The van der Waals surface area contributed by atoms with Crippen molar-refractivity contribution in [2.75, 3.05) is 6.54 Å². The van der Waals surface area contributed by atoms with Gasteiger partial charge in [0.05, 0.1) is 0 Å². The molecule has 0 saturated carbocycles. The van der Waals surface area contributed by atoms with E-state index < -0.39 is 12.0 Å². The highest BCUT2D eigenvalue weighted by Gasteiger charge is 2.30. The third kappa shape index (κ3) is 4.88. The van der Waals surface area contributed by atoms with E-state index in [-0.39, 0.29) is 5.41 Å². The molecular weight excluding hydrogens is 166 g/mol. The number of carboxylic acid groups (broad SMARTS) is 1. The van der Waals surface area contributed by atoms with E-state index in [2.05, 4.69) is 12.2 Å². The minimum Gasteiger partial charge on any atom is -0.480 e. The summed E-state index contributed by atoms with van der Waals surface area (Å²) in [4.78, 5) is 10.9. The summed E-state index contributed by atoms with van der Waals surface area (Å²) in [5, 5.41) is 12.0. The molecule has 1 atom stereocenters. The Balaban J connectivity index is 4.04. The minimum atomic E-state index is -0.761. The summed E-state index contributed by atoms with van der Waals surface area (Å²) in [6.07, 6.45) is 2.11. The van der Waals surface area contributed by atoms with Crippen LogP contribution < -0.4 is 5.32 Å². The van der Waals surface area contributed by atoms with Crippen LogP contribution in [0.2, 0.25) is 0 Å². The van der Waals surface area contributed by atoms with Gasteiger partial charge in [-0.2, -0.15) is 0 Å². The minimum absolute atomic E-state index is 0.223. The lowest BCUT2D eigenvalue weighted by Crippen LogP contribution is -2.46. The molecule has 0 radical (unpaired) electrons. The molecule has 0 bridgehead atoms. The van der Waals surface area contributed by atoms with E-state index in [0.717, 1.165) is 19.4 Å². The van der Waals surface area contributed by atoms with E-state index in [9.17, 15) is 4.79 Å². The van der Waals surface area contributed by atoms with Crippen LogP contribution in [0.15, 0.2) is 0 Å². The fourth-order valence-electron chi connectivity index (χ4n) is 1.19. The Hall–Kier alpha value is -0.570. The van der Waals surface area contributed by atoms with Crippen molar-refractivity contribution in [3.8, 4) is 0 Å². The van der Waals surface area contributed by atoms with Gasteiger partial charge in [0, 0.05) is 0 Å². The molecule has 3 heteroatoms. The molecule has 13 heavy (non-hydrogen) atoms. The largest absolute Gasteiger partial charge is 0.480 e.